The summed E-state index contributed by atoms with van der Waals surface area (Å²) in [5, 5.41) is 0. The first-order valence-corrected chi connectivity index (χ1v) is 7.85. The summed E-state index contributed by atoms with van der Waals surface area (Å²) in [6, 6.07) is 13.9. The molecule has 0 atom stereocenters. The molecule has 1 heterocycles. The van der Waals surface area contributed by atoms with Crippen LogP contribution in [0.2, 0.25) is 0 Å². The second-order valence-corrected chi connectivity index (χ2v) is 5.77. The molecule has 3 rings (SSSR count). The van der Waals surface area contributed by atoms with Crippen molar-refractivity contribution in [3.63, 3.8) is 0 Å². The Balaban J connectivity index is 1.65. The Morgan fingerprint density at radius 1 is 1.09 bits per heavy atom. The van der Waals surface area contributed by atoms with E-state index in [4.69, 9.17) is 9.47 Å². The molecule has 23 heavy (non-hydrogen) atoms. The largest absolute Gasteiger partial charge is 0.486 e. The summed E-state index contributed by atoms with van der Waals surface area (Å²) in [5.41, 5.74) is 3.23. The van der Waals surface area contributed by atoms with Gasteiger partial charge in [-0.05, 0) is 31.0 Å². The molecule has 0 spiro atoms. The maximum absolute atomic E-state index is 12.4. The van der Waals surface area contributed by atoms with E-state index in [0.717, 1.165) is 17.9 Å². The molecule has 0 unspecified atom stereocenters. The van der Waals surface area contributed by atoms with Crippen LogP contribution in [0.1, 0.15) is 17.5 Å². The van der Waals surface area contributed by atoms with Gasteiger partial charge in [0.05, 0.1) is 0 Å². The standard InChI is InChI=1S/C19H21NO3/c1-14-4-3-5-15(12-14)6-9-19(21)20(2)16-7-8-17-18(13-16)23-11-10-22-17/h3-5,7-8,12-13H,6,9-11H2,1-2H3. The summed E-state index contributed by atoms with van der Waals surface area (Å²) in [5.74, 6) is 1.52. The van der Waals surface area contributed by atoms with Crippen LogP contribution in [0.15, 0.2) is 42.5 Å². The van der Waals surface area contributed by atoms with E-state index >= 15 is 0 Å². The van der Waals surface area contributed by atoms with Crippen LogP contribution in [-0.4, -0.2) is 26.2 Å². The first-order chi connectivity index (χ1) is 11.1. The molecule has 1 aliphatic rings. The van der Waals surface area contributed by atoms with Crippen molar-refractivity contribution >= 4 is 11.6 Å². The van der Waals surface area contributed by atoms with Crippen molar-refractivity contribution in [3.8, 4) is 11.5 Å². The van der Waals surface area contributed by atoms with E-state index in [0.29, 0.717) is 25.4 Å². The molecule has 0 N–H and O–H groups in total. The maximum Gasteiger partial charge on any atom is 0.227 e. The number of fused-ring (bicyclic) bond motifs is 1. The van der Waals surface area contributed by atoms with Crippen LogP contribution in [0.4, 0.5) is 5.69 Å². The molecule has 1 aliphatic heterocycles. The zero-order valence-electron chi connectivity index (χ0n) is 13.5. The molecule has 1 amide bonds. The first kappa shape index (κ1) is 15.4. The summed E-state index contributed by atoms with van der Waals surface area (Å²) in [7, 11) is 1.80. The molecule has 4 nitrogen and oxygen atoms in total. The third kappa shape index (κ3) is 3.65. The molecule has 0 bridgehead atoms. The van der Waals surface area contributed by atoms with Gasteiger partial charge in [0.1, 0.15) is 13.2 Å². The number of hydrogen-bond acceptors (Lipinski definition) is 3. The fourth-order valence-corrected chi connectivity index (χ4v) is 2.67. The van der Waals surface area contributed by atoms with Crippen LogP contribution in [0.5, 0.6) is 11.5 Å². The lowest BCUT2D eigenvalue weighted by molar-refractivity contribution is -0.118. The van der Waals surface area contributed by atoms with Crippen LogP contribution in [0.25, 0.3) is 0 Å². The molecule has 0 fully saturated rings. The Morgan fingerprint density at radius 3 is 2.65 bits per heavy atom. The van der Waals surface area contributed by atoms with Crippen molar-refractivity contribution < 1.29 is 14.3 Å². The normalized spacial score (nSPS) is 12.8. The zero-order valence-corrected chi connectivity index (χ0v) is 13.5. The van der Waals surface area contributed by atoms with Crippen LogP contribution in [0, 0.1) is 6.92 Å². The van der Waals surface area contributed by atoms with Gasteiger partial charge in [-0.2, -0.15) is 0 Å². The van der Waals surface area contributed by atoms with E-state index in [2.05, 4.69) is 25.1 Å². The van der Waals surface area contributed by atoms with Crippen LogP contribution in [0.3, 0.4) is 0 Å². The minimum absolute atomic E-state index is 0.0863. The molecular formula is C19H21NO3. The van der Waals surface area contributed by atoms with Crippen molar-refractivity contribution in [1.29, 1.82) is 0 Å². The molecule has 0 saturated carbocycles. The molecule has 2 aromatic rings. The van der Waals surface area contributed by atoms with Gasteiger partial charge in [-0.1, -0.05) is 29.8 Å². The highest BCUT2D eigenvalue weighted by atomic mass is 16.6. The summed E-state index contributed by atoms with van der Waals surface area (Å²) in [6.45, 7) is 3.17. The third-order valence-corrected chi connectivity index (χ3v) is 4.00. The smallest absolute Gasteiger partial charge is 0.227 e. The highest BCUT2D eigenvalue weighted by Gasteiger charge is 2.16. The molecule has 120 valence electrons. The Labute approximate surface area is 136 Å². The van der Waals surface area contributed by atoms with Gasteiger partial charge in [-0.3, -0.25) is 4.79 Å². The molecule has 0 aliphatic carbocycles. The van der Waals surface area contributed by atoms with Gasteiger partial charge < -0.3 is 14.4 Å². The highest BCUT2D eigenvalue weighted by Crippen LogP contribution is 2.33. The van der Waals surface area contributed by atoms with Gasteiger partial charge >= 0.3 is 0 Å². The van der Waals surface area contributed by atoms with Gasteiger partial charge in [-0.25, -0.2) is 0 Å². The molecule has 0 radical (unpaired) electrons. The van der Waals surface area contributed by atoms with Crippen molar-refractivity contribution in [1.82, 2.24) is 0 Å². The maximum atomic E-state index is 12.4. The fraction of sp³-hybridized carbons (Fsp3) is 0.316. The lowest BCUT2D eigenvalue weighted by atomic mass is 10.1. The lowest BCUT2D eigenvalue weighted by Crippen LogP contribution is -2.26. The molecular weight excluding hydrogens is 290 g/mol. The molecule has 2 aromatic carbocycles. The lowest BCUT2D eigenvalue weighted by Gasteiger charge is -2.22. The first-order valence-electron chi connectivity index (χ1n) is 7.85. The third-order valence-electron chi connectivity index (χ3n) is 4.00. The van der Waals surface area contributed by atoms with Crippen molar-refractivity contribution in [2.75, 3.05) is 25.2 Å². The SMILES string of the molecule is Cc1cccc(CCC(=O)N(C)c2ccc3c(c2)OCCO3)c1. The monoisotopic (exact) mass is 311 g/mol. The van der Waals surface area contributed by atoms with Crippen molar-refractivity contribution in [2.24, 2.45) is 0 Å². The minimum atomic E-state index is 0.0863. The van der Waals surface area contributed by atoms with Crippen LogP contribution < -0.4 is 14.4 Å². The van der Waals surface area contributed by atoms with Crippen LogP contribution in [-0.2, 0) is 11.2 Å². The van der Waals surface area contributed by atoms with E-state index in [1.54, 1.807) is 11.9 Å². The average molecular weight is 311 g/mol. The number of hydrogen-bond donors (Lipinski definition) is 0. The molecule has 4 heteroatoms. The topological polar surface area (TPSA) is 38.8 Å². The summed E-state index contributed by atoms with van der Waals surface area (Å²) < 4.78 is 11.1. The number of ether oxygens (including phenoxy) is 2. The van der Waals surface area contributed by atoms with E-state index in [1.807, 2.05) is 24.3 Å². The average Bonchev–Trinajstić information content (AvgIpc) is 2.58. The number of carbonyl (C=O) groups is 1. The van der Waals surface area contributed by atoms with E-state index in [1.165, 1.54) is 11.1 Å². The molecule has 0 saturated heterocycles. The fourth-order valence-electron chi connectivity index (χ4n) is 2.67. The Kier molecular flexibility index (Phi) is 4.51. The predicted octanol–water partition coefficient (Wildman–Crippen LogP) is 3.36. The number of amides is 1. The van der Waals surface area contributed by atoms with Crippen LogP contribution >= 0.6 is 0 Å². The van der Waals surface area contributed by atoms with E-state index < -0.39 is 0 Å². The van der Waals surface area contributed by atoms with Gasteiger partial charge in [0.15, 0.2) is 11.5 Å². The number of anilines is 1. The number of benzene rings is 2. The number of rotatable bonds is 4. The summed E-state index contributed by atoms with van der Waals surface area (Å²) in [4.78, 5) is 14.1. The van der Waals surface area contributed by atoms with Gasteiger partial charge in [0.25, 0.3) is 0 Å². The summed E-state index contributed by atoms with van der Waals surface area (Å²) in [6.07, 6.45) is 1.23. The number of carbonyl (C=O) groups excluding carboxylic acids is 1. The van der Waals surface area contributed by atoms with E-state index in [9.17, 15) is 4.79 Å². The second kappa shape index (κ2) is 6.73. The number of nitrogens with zero attached hydrogens (tertiary/aromatic N) is 1. The zero-order chi connectivity index (χ0) is 16.2. The quantitative estimate of drug-likeness (QED) is 0.869. The van der Waals surface area contributed by atoms with Gasteiger partial charge in [0, 0.05) is 25.2 Å². The van der Waals surface area contributed by atoms with Gasteiger partial charge in [-0.15, -0.1) is 0 Å². The highest BCUT2D eigenvalue weighted by molar-refractivity contribution is 5.93. The van der Waals surface area contributed by atoms with E-state index in [-0.39, 0.29) is 5.91 Å². The molecule has 0 aromatic heterocycles. The Hall–Kier alpha value is -2.49. The minimum Gasteiger partial charge on any atom is -0.486 e. The summed E-state index contributed by atoms with van der Waals surface area (Å²) >= 11 is 0. The van der Waals surface area contributed by atoms with Crippen molar-refractivity contribution in [3.05, 3.63) is 53.6 Å². The number of aryl methyl sites for hydroxylation is 2. The Bertz CT molecular complexity index is 712. The second-order valence-electron chi connectivity index (χ2n) is 5.77. The van der Waals surface area contributed by atoms with Crippen molar-refractivity contribution in [2.45, 2.75) is 19.8 Å². The Morgan fingerprint density at radius 2 is 1.87 bits per heavy atom. The predicted molar refractivity (Wildman–Crippen MR) is 90.3 cm³/mol. The van der Waals surface area contributed by atoms with Gasteiger partial charge in [0.2, 0.25) is 5.91 Å².